The predicted molar refractivity (Wildman–Crippen MR) is 62.1 cm³/mol. The first-order valence-electron chi connectivity index (χ1n) is 6.47. The van der Waals surface area contributed by atoms with E-state index in [4.69, 9.17) is 0 Å². The maximum Gasteiger partial charge on any atom is -0.0238 e. The minimum Gasteiger partial charge on any atom is -0.0622 e. The van der Waals surface area contributed by atoms with Gasteiger partial charge in [-0.3, -0.25) is 0 Å². The highest BCUT2D eigenvalue weighted by Crippen LogP contribution is 2.62. The standard InChI is InChI=1S/C14H26/c1-9-6-12(4)14(7-10(9)2)8-11(3)13(14)5/h9-13H,6-8H2,1-5H3. The van der Waals surface area contributed by atoms with Crippen LogP contribution in [0.5, 0.6) is 0 Å². The molecular weight excluding hydrogens is 168 g/mol. The summed E-state index contributed by atoms with van der Waals surface area (Å²) in [5.41, 5.74) is 0.741. The molecule has 2 aliphatic carbocycles. The molecule has 0 radical (unpaired) electrons. The summed E-state index contributed by atoms with van der Waals surface area (Å²) in [5.74, 6) is 4.85. The van der Waals surface area contributed by atoms with Gasteiger partial charge in [-0.2, -0.15) is 0 Å². The third kappa shape index (κ3) is 1.26. The lowest BCUT2D eigenvalue weighted by Crippen LogP contribution is -2.53. The Bertz CT molecular complexity index is 220. The van der Waals surface area contributed by atoms with E-state index in [1.807, 2.05) is 0 Å². The third-order valence-electron chi connectivity index (χ3n) is 5.84. The first-order chi connectivity index (χ1) is 6.47. The van der Waals surface area contributed by atoms with E-state index in [2.05, 4.69) is 34.6 Å². The molecule has 0 heterocycles. The van der Waals surface area contributed by atoms with E-state index in [1.54, 1.807) is 0 Å². The van der Waals surface area contributed by atoms with Gasteiger partial charge in [0.15, 0.2) is 0 Å². The first kappa shape index (κ1) is 10.5. The zero-order valence-electron chi connectivity index (χ0n) is 10.5. The maximum atomic E-state index is 2.50. The fourth-order valence-electron chi connectivity index (χ4n) is 4.31. The highest BCUT2D eigenvalue weighted by atomic mass is 14.6. The lowest BCUT2D eigenvalue weighted by Gasteiger charge is -2.61. The van der Waals surface area contributed by atoms with Crippen LogP contribution in [0.3, 0.4) is 0 Å². The van der Waals surface area contributed by atoms with Crippen molar-refractivity contribution >= 4 is 0 Å². The van der Waals surface area contributed by atoms with E-state index < -0.39 is 0 Å². The van der Waals surface area contributed by atoms with Crippen LogP contribution in [0.25, 0.3) is 0 Å². The van der Waals surface area contributed by atoms with Crippen LogP contribution < -0.4 is 0 Å². The van der Waals surface area contributed by atoms with Gasteiger partial charge in [0, 0.05) is 0 Å². The molecule has 82 valence electrons. The molecular formula is C14H26. The normalized spacial score (nSPS) is 58.5. The van der Waals surface area contributed by atoms with E-state index in [0.717, 1.165) is 35.0 Å². The fourth-order valence-corrected chi connectivity index (χ4v) is 4.31. The molecule has 1 spiro atoms. The lowest BCUT2D eigenvalue weighted by molar-refractivity contribution is -0.118. The Labute approximate surface area is 89.5 Å². The van der Waals surface area contributed by atoms with Crippen molar-refractivity contribution in [3.8, 4) is 0 Å². The largest absolute Gasteiger partial charge is 0.0622 e. The topological polar surface area (TPSA) is 0 Å². The molecule has 0 saturated heterocycles. The zero-order valence-corrected chi connectivity index (χ0v) is 10.5. The smallest absolute Gasteiger partial charge is 0.0238 e. The molecule has 6 unspecified atom stereocenters. The van der Waals surface area contributed by atoms with E-state index in [-0.39, 0.29) is 0 Å². The number of hydrogen-bond donors (Lipinski definition) is 0. The highest BCUT2D eigenvalue weighted by molar-refractivity contribution is 5.03. The van der Waals surface area contributed by atoms with Gasteiger partial charge in [0.05, 0.1) is 0 Å². The van der Waals surface area contributed by atoms with Gasteiger partial charge in [-0.15, -0.1) is 0 Å². The van der Waals surface area contributed by atoms with E-state index >= 15 is 0 Å². The predicted octanol–water partition coefficient (Wildman–Crippen LogP) is 4.35. The van der Waals surface area contributed by atoms with Crippen LogP contribution in [0.1, 0.15) is 53.9 Å². The molecule has 0 aromatic carbocycles. The van der Waals surface area contributed by atoms with Crippen LogP contribution in [-0.4, -0.2) is 0 Å². The van der Waals surface area contributed by atoms with Crippen LogP contribution in [0, 0.1) is 35.0 Å². The molecule has 14 heavy (non-hydrogen) atoms. The van der Waals surface area contributed by atoms with Gasteiger partial charge >= 0.3 is 0 Å². The van der Waals surface area contributed by atoms with Crippen molar-refractivity contribution in [1.82, 2.24) is 0 Å². The third-order valence-corrected chi connectivity index (χ3v) is 5.84. The van der Waals surface area contributed by atoms with Gasteiger partial charge in [0.1, 0.15) is 0 Å². The molecule has 2 aliphatic rings. The second-order valence-electron chi connectivity index (χ2n) is 6.50. The van der Waals surface area contributed by atoms with Crippen LogP contribution in [-0.2, 0) is 0 Å². The fraction of sp³-hybridized carbons (Fsp3) is 1.00. The summed E-state index contributed by atoms with van der Waals surface area (Å²) >= 11 is 0. The minimum absolute atomic E-state index is 0.741. The van der Waals surface area contributed by atoms with Crippen molar-refractivity contribution in [3.05, 3.63) is 0 Å². The van der Waals surface area contributed by atoms with Crippen molar-refractivity contribution in [1.29, 1.82) is 0 Å². The van der Waals surface area contributed by atoms with Gasteiger partial charge in [-0.25, -0.2) is 0 Å². The van der Waals surface area contributed by atoms with Gasteiger partial charge in [-0.1, -0.05) is 34.6 Å². The molecule has 0 heteroatoms. The van der Waals surface area contributed by atoms with E-state index in [1.165, 1.54) is 19.3 Å². The Morgan fingerprint density at radius 3 is 1.86 bits per heavy atom. The number of rotatable bonds is 0. The summed E-state index contributed by atoms with van der Waals surface area (Å²) < 4.78 is 0. The van der Waals surface area contributed by atoms with Crippen molar-refractivity contribution < 1.29 is 0 Å². The summed E-state index contributed by atoms with van der Waals surface area (Å²) in [6.45, 7) is 12.3. The Hall–Kier alpha value is 0. The monoisotopic (exact) mass is 194 g/mol. The average molecular weight is 194 g/mol. The minimum atomic E-state index is 0.741. The van der Waals surface area contributed by atoms with Crippen molar-refractivity contribution in [2.75, 3.05) is 0 Å². The Morgan fingerprint density at radius 2 is 1.36 bits per heavy atom. The van der Waals surface area contributed by atoms with Crippen LogP contribution >= 0.6 is 0 Å². The Kier molecular flexibility index (Phi) is 2.44. The molecule has 0 nitrogen and oxygen atoms in total. The molecule has 0 bridgehead atoms. The van der Waals surface area contributed by atoms with Crippen LogP contribution in [0.4, 0.5) is 0 Å². The molecule has 0 aromatic heterocycles. The summed E-state index contributed by atoms with van der Waals surface area (Å²) in [4.78, 5) is 0. The summed E-state index contributed by atoms with van der Waals surface area (Å²) in [6, 6.07) is 0. The summed E-state index contributed by atoms with van der Waals surface area (Å²) in [6.07, 6.45) is 4.48. The van der Waals surface area contributed by atoms with Crippen LogP contribution in [0.15, 0.2) is 0 Å². The van der Waals surface area contributed by atoms with Gasteiger partial charge < -0.3 is 0 Å². The van der Waals surface area contributed by atoms with Gasteiger partial charge in [0.25, 0.3) is 0 Å². The average Bonchev–Trinajstić information content (AvgIpc) is 2.13. The van der Waals surface area contributed by atoms with Crippen LogP contribution in [0.2, 0.25) is 0 Å². The zero-order chi connectivity index (χ0) is 10.5. The van der Waals surface area contributed by atoms with Gasteiger partial charge in [-0.05, 0) is 54.3 Å². The van der Waals surface area contributed by atoms with Crippen molar-refractivity contribution in [2.24, 2.45) is 35.0 Å². The lowest BCUT2D eigenvalue weighted by atomic mass is 9.44. The molecule has 6 atom stereocenters. The Balaban J connectivity index is 2.13. The van der Waals surface area contributed by atoms with Crippen molar-refractivity contribution in [2.45, 2.75) is 53.9 Å². The van der Waals surface area contributed by atoms with Gasteiger partial charge in [0.2, 0.25) is 0 Å². The maximum absolute atomic E-state index is 2.50. The highest BCUT2D eigenvalue weighted by Gasteiger charge is 2.54. The molecule has 0 N–H and O–H groups in total. The first-order valence-corrected chi connectivity index (χ1v) is 6.47. The van der Waals surface area contributed by atoms with E-state index in [0.29, 0.717) is 0 Å². The SMILES string of the molecule is CC1CC(C)C2(CC1C)CC(C)C2C. The molecule has 2 rings (SSSR count). The second kappa shape index (κ2) is 3.25. The summed E-state index contributed by atoms with van der Waals surface area (Å²) in [5, 5.41) is 0. The van der Waals surface area contributed by atoms with Crippen molar-refractivity contribution in [3.63, 3.8) is 0 Å². The molecule has 0 aromatic rings. The molecule has 2 saturated carbocycles. The quantitative estimate of drug-likeness (QED) is 0.538. The van der Waals surface area contributed by atoms with E-state index in [9.17, 15) is 0 Å². The molecule has 0 amide bonds. The molecule has 0 aliphatic heterocycles. The second-order valence-corrected chi connectivity index (χ2v) is 6.50. The summed E-state index contributed by atoms with van der Waals surface area (Å²) in [7, 11) is 0. The molecule has 2 fully saturated rings. The Morgan fingerprint density at radius 1 is 0.786 bits per heavy atom. The number of hydrogen-bond acceptors (Lipinski definition) is 0.